The number of fused-ring (bicyclic) bond motifs is 1. The smallest absolute Gasteiger partial charge is 0.251 e. The summed E-state index contributed by atoms with van der Waals surface area (Å²) < 4.78 is 0.933. The van der Waals surface area contributed by atoms with Crippen LogP contribution in [0.15, 0.2) is 64.2 Å². The number of nitrogens with one attached hydrogen (secondary N) is 1. The van der Waals surface area contributed by atoms with Crippen LogP contribution in [0, 0.1) is 23.2 Å². The van der Waals surface area contributed by atoms with Crippen molar-refractivity contribution in [3.05, 3.63) is 69.8 Å². The van der Waals surface area contributed by atoms with Gasteiger partial charge in [0.25, 0.3) is 5.91 Å². The molecule has 0 aromatic heterocycles. The molecule has 0 bridgehead atoms. The van der Waals surface area contributed by atoms with Crippen molar-refractivity contribution in [1.29, 1.82) is 0 Å². The van der Waals surface area contributed by atoms with Gasteiger partial charge in [-0.1, -0.05) is 66.9 Å². The third-order valence-corrected chi connectivity index (χ3v) is 10.4. The summed E-state index contributed by atoms with van der Waals surface area (Å²) in [5.41, 5.74) is 3.86. The molecule has 1 unspecified atom stereocenters. The Kier molecular flexibility index (Phi) is 9.66. The van der Waals surface area contributed by atoms with Gasteiger partial charge in [-0.25, -0.2) is 0 Å². The fourth-order valence-electron chi connectivity index (χ4n) is 7.75. The summed E-state index contributed by atoms with van der Waals surface area (Å²) in [5.74, 6) is 1.87. The monoisotopic (exact) mass is 597 g/mol. The number of carbonyl (C=O) groups is 1. The Balaban J connectivity index is 1.44. The van der Waals surface area contributed by atoms with Crippen molar-refractivity contribution in [1.82, 2.24) is 5.32 Å². The topological polar surface area (TPSA) is 69.6 Å². The number of amides is 1. The quantitative estimate of drug-likeness (QED) is 0.285. The predicted molar refractivity (Wildman–Crippen MR) is 163 cm³/mol. The highest BCUT2D eigenvalue weighted by Gasteiger charge is 2.50. The van der Waals surface area contributed by atoms with Crippen LogP contribution in [0.25, 0.3) is 0 Å². The first-order valence-corrected chi connectivity index (χ1v) is 15.7. The van der Waals surface area contributed by atoms with Crippen LogP contribution in [0.1, 0.15) is 102 Å². The maximum atomic E-state index is 12.9. The fourth-order valence-corrected chi connectivity index (χ4v) is 8.01. The lowest BCUT2D eigenvalue weighted by Gasteiger charge is -2.44. The highest BCUT2D eigenvalue weighted by molar-refractivity contribution is 9.10. The van der Waals surface area contributed by atoms with E-state index >= 15 is 0 Å². The van der Waals surface area contributed by atoms with Crippen molar-refractivity contribution < 1.29 is 15.0 Å². The Morgan fingerprint density at radius 2 is 1.97 bits per heavy atom. The van der Waals surface area contributed by atoms with Gasteiger partial charge >= 0.3 is 0 Å². The summed E-state index contributed by atoms with van der Waals surface area (Å²) >= 11 is 3.41. The lowest BCUT2D eigenvalue weighted by Crippen LogP contribution is -2.41. The highest BCUT2D eigenvalue weighted by Crippen LogP contribution is 2.60. The minimum Gasteiger partial charge on any atom is -0.393 e. The van der Waals surface area contributed by atoms with E-state index in [1.54, 1.807) is 17.7 Å². The van der Waals surface area contributed by atoms with E-state index in [1.165, 1.54) is 32.1 Å². The van der Waals surface area contributed by atoms with Crippen LogP contribution >= 0.6 is 15.9 Å². The van der Waals surface area contributed by atoms with Gasteiger partial charge in [-0.05, 0) is 124 Å². The van der Waals surface area contributed by atoms with Crippen molar-refractivity contribution in [2.45, 2.75) is 110 Å². The molecule has 0 radical (unpaired) electrons. The largest absolute Gasteiger partial charge is 0.393 e. The number of hydrogen-bond donors (Lipinski definition) is 3. The number of benzene rings is 1. The van der Waals surface area contributed by atoms with Gasteiger partial charge in [0.2, 0.25) is 0 Å². The average molecular weight is 599 g/mol. The minimum atomic E-state index is -0.576. The van der Waals surface area contributed by atoms with Crippen molar-refractivity contribution in [2.75, 3.05) is 0 Å². The number of rotatable bonds is 8. The van der Waals surface area contributed by atoms with Crippen LogP contribution in [0.2, 0.25) is 0 Å². The van der Waals surface area contributed by atoms with Crippen molar-refractivity contribution in [3.63, 3.8) is 0 Å². The zero-order valence-corrected chi connectivity index (χ0v) is 25.9. The van der Waals surface area contributed by atoms with Crippen LogP contribution in [0.3, 0.4) is 0 Å². The second-order valence-electron chi connectivity index (χ2n) is 13.4. The zero-order chi connectivity index (χ0) is 28.4. The van der Waals surface area contributed by atoms with Gasteiger partial charge in [0.1, 0.15) is 0 Å². The number of carbonyl (C=O) groups excluding carboxylic acids is 1. The molecule has 3 fully saturated rings. The molecule has 0 aliphatic heterocycles. The molecule has 0 spiro atoms. The lowest BCUT2D eigenvalue weighted by atomic mass is 9.60. The average Bonchev–Trinajstić information content (AvgIpc) is 3.22. The Hall–Kier alpha value is -1.69. The molecule has 0 saturated heterocycles. The molecule has 3 saturated carbocycles. The highest BCUT2D eigenvalue weighted by atomic mass is 79.9. The zero-order valence-electron chi connectivity index (χ0n) is 24.3. The van der Waals surface area contributed by atoms with Gasteiger partial charge in [-0.2, -0.15) is 0 Å². The molecule has 1 aromatic rings. The van der Waals surface area contributed by atoms with Crippen molar-refractivity contribution in [2.24, 2.45) is 23.2 Å². The van der Waals surface area contributed by atoms with E-state index in [0.717, 1.165) is 40.8 Å². The molecule has 1 aromatic carbocycles. The Labute approximate surface area is 244 Å². The van der Waals surface area contributed by atoms with Gasteiger partial charge in [-0.3, -0.25) is 4.79 Å². The van der Waals surface area contributed by atoms with Crippen molar-refractivity contribution in [3.8, 4) is 0 Å². The molecule has 214 valence electrons. The molecule has 4 nitrogen and oxygen atoms in total. The van der Waals surface area contributed by atoms with E-state index in [-0.39, 0.29) is 11.9 Å². The second kappa shape index (κ2) is 12.4. The third-order valence-electron chi connectivity index (χ3n) is 9.88. The second-order valence-corrected chi connectivity index (χ2v) is 14.3. The molecule has 0 heterocycles. The van der Waals surface area contributed by atoms with Crippen LogP contribution in [-0.2, 0) is 0 Å². The lowest BCUT2D eigenvalue weighted by molar-refractivity contribution is 0.0596. The molecule has 3 aliphatic rings. The SMILES string of the molecule is C=C1/C(=C\C=C2/CCC[C@]3(C)[C@@H]([C@H](C)CCCC(C)(C)O)CC[C@@H]23)C[C@@H](O)CC1NC(=O)c1ccc(Br)cc1. The van der Waals surface area contributed by atoms with E-state index in [4.69, 9.17) is 0 Å². The number of allylic oxidation sites excluding steroid dienone is 3. The van der Waals surface area contributed by atoms with Gasteiger partial charge in [0.15, 0.2) is 0 Å². The summed E-state index contributed by atoms with van der Waals surface area (Å²) in [6.45, 7) is 13.1. The van der Waals surface area contributed by atoms with E-state index < -0.39 is 11.7 Å². The van der Waals surface area contributed by atoms with Crippen LogP contribution in [-0.4, -0.2) is 33.9 Å². The van der Waals surface area contributed by atoms with E-state index in [2.05, 4.69) is 53.8 Å². The predicted octanol–water partition coefficient (Wildman–Crippen LogP) is 7.90. The van der Waals surface area contributed by atoms with Gasteiger partial charge in [-0.15, -0.1) is 0 Å². The maximum absolute atomic E-state index is 12.9. The minimum absolute atomic E-state index is 0.142. The standard InChI is InChI=1S/C34H48BrNO3/c1-22(8-6-18-33(3,4)39)29-16-17-30-24(9-7-19-34(29,30)5)10-11-26-20-28(37)21-31(23(26)2)36-32(38)25-12-14-27(35)15-13-25/h10-15,22,28-31,37,39H,2,6-9,16-21H2,1,3-5H3,(H,36,38)/b24-10+,26-11-/t22-,28-,29-,30+,31?,34-/m1/s1. The van der Waals surface area contributed by atoms with E-state index in [0.29, 0.717) is 35.7 Å². The first-order valence-electron chi connectivity index (χ1n) is 14.9. The summed E-state index contributed by atoms with van der Waals surface area (Å²) in [4.78, 5) is 12.9. The van der Waals surface area contributed by atoms with Gasteiger partial charge in [0, 0.05) is 10.0 Å². The molecule has 5 heteroatoms. The van der Waals surface area contributed by atoms with Crippen molar-refractivity contribution >= 4 is 21.8 Å². The Morgan fingerprint density at radius 3 is 2.67 bits per heavy atom. The van der Waals surface area contributed by atoms with E-state index in [9.17, 15) is 15.0 Å². The molecule has 6 atom stereocenters. The first-order chi connectivity index (χ1) is 18.4. The molecule has 3 N–H and O–H groups in total. The first kappa shape index (κ1) is 30.3. The normalized spacial score (nSPS) is 32.3. The fraction of sp³-hybridized carbons (Fsp3) is 0.618. The number of hydrogen-bond acceptors (Lipinski definition) is 3. The molecular weight excluding hydrogens is 550 g/mol. The Morgan fingerprint density at radius 1 is 1.26 bits per heavy atom. The summed E-state index contributed by atoms with van der Waals surface area (Å²) in [5, 5.41) is 23.9. The number of aliphatic hydroxyl groups is 2. The molecule has 3 aliphatic carbocycles. The van der Waals surface area contributed by atoms with Crippen LogP contribution in [0.4, 0.5) is 0 Å². The summed E-state index contributed by atoms with van der Waals surface area (Å²) in [7, 11) is 0. The molecule has 4 rings (SSSR count). The van der Waals surface area contributed by atoms with Gasteiger partial charge < -0.3 is 15.5 Å². The summed E-state index contributed by atoms with van der Waals surface area (Å²) in [6.07, 6.45) is 14.4. The van der Waals surface area contributed by atoms with Gasteiger partial charge in [0.05, 0.1) is 17.7 Å². The van der Waals surface area contributed by atoms with Crippen LogP contribution < -0.4 is 5.32 Å². The number of halogens is 1. The third kappa shape index (κ3) is 7.34. The molecule has 39 heavy (non-hydrogen) atoms. The maximum Gasteiger partial charge on any atom is 0.251 e. The van der Waals surface area contributed by atoms with E-state index in [1.807, 2.05) is 26.0 Å². The Bertz CT molecular complexity index is 1100. The van der Waals surface area contributed by atoms with Crippen LogP contribution in [0.5, 0.6) is 0 Å². The number of aliphatic hydroxyl groups excluding tert-OH is 1. The molecular formula is C34H48BrNO3. The molecule has 1 amide bonds. The summed E-state index contributed by atoms with van der Waals surface area (Å²) in [6, 6.07) is 7.04.